The zero-order valence-corrected chi connectivity index (χ0v) is 17.7. The molecule has 10 heteroatoms. The fourth-order valence-electron chi connectivity index (χ4n) is 2.86. The lowest BCUT2D eigenvalue weighted by Crippen LogP contribution is -2.41. The molecule has 1 aromatic heterocycles. The summed E-state index contributed by atoms with van der Waals surface area (Å²) in [6.07, 6.45) is -6.22. The smallest absolute Gasteiger partial charge is 0.443 e. The average Bonchev–Trinajstić information content (AvgIpc) is 2.92. The van der Waals surface area contributed by atoms with Gasteiger partial charge < -0.3 is 9.15 Å². The number of carbonyl (C=O) groups is 1. The van der Waals surface area contributed by atoms with Crippen molar-refractivity contribution in [1.29, 1.82) is 0 Å². The van der Waals surface area contributed by atoms with E-state index in [1.807, 2.05) is 0 Å². The Morgan fingerprint density at radius 3 is 1.97 bits per heavy atom. The molecule has 0 aliphatic rings. The maximum absolute atomic E-state index is 13.4. The highest BCUT2D eigenvalue weighted by atomic mass is 32.2. The first kappa shape index (κ1) is 22.8. The number of rotatable bonds is 3. The molecular formula is C19H22F3NO5S. The van der Waals surface area contributed by atoms with Crippen molar-refractivity contribution in [3.05, 3.63) is 46.7 Å². The molecule has 2 rings (SSSR count). The van der Waals surface area contributed by atoms with Crippen LogP contribution in [0.4, 0.5) is 23.8 Å². The lowest BCUT2D eigenvalue weighted by atomic mass is 10.1. The highest BCUT2D eigenvalue weighted by Crippen LogP contribution is 2.36. The van der Waals surface area contributed by atoms with Crippen LogP contribution in [0, 0.1) is 20.8 Å². The molecule has 1 amide bonds. The van der Waals surface area contributed by atoms with E-state index in [2.05, 4.69) is 4.42 Å². The van der Waals surface area contributed by atoms with Crippen molar-refractivity contribution in [3.8, 4) is 0 Å². The normalized spacial score (nSPS) is 12.7. The Labute approximate surface area is 167 Å². The van der Waals surface area contributed by atoms with Crippen LogP contribution in [0.15, 0.2) is 33.6 Å². The minimum absolute atomic E-state index is 0.123. The second-order valence-electron chi connectivity index (χ2n) is 7.61. The van der Waals surface area contributed by atoms with Gasteiger partial charge in [0.15, 0.2) is 0 Å². The predicted octanol–water partition coefficient (Wildman–Crippen LogP) is 5.35. The maximum Gasteiger partial charge on any atom is 0.449 e. The fraction of sp³-hybridized carbons (Fsp3) is 0.421. The summed E-state index contributed by atoms with van der Waals surface area (Å²) >= 11 is 0. The highest BCUT2D eigenvalue weighted by molar-refractivity contribution is 7.93. The molecule has 6 nitrogen and oxygen atoms in total. The molecule has 1 heterocycles. The van der Waals surface area contributed by atoms with Crippen molar-refractivity contribution in [2.45, 2.75) is 58.2 Å². The monoisotopic (exact) mass is 433 g/mol. The number of benzene rings is 1. The lowest BCUT2D eigenvalue weighted by Gasteiger charge is -2.26. The summed E-state index contributed by atoms with van der Waals surface area (Å²) in [7, 11) is -4.64. The molecule has 160 valence electrons. The minimum Gasteiger partial charge on any atom is -0.443 e. The first-order chi connectivity index (χ1) is 13.0. The standard InChI is InChI=1S/C19H22F3NO5S/c1-11-9-12(2)16(13(3)10-11)29(25,26)23(17(24)28-18(4,5)6)15-8-7-14(27-15)19(20,21)22/h7-10H,1-6H3. The summed E-state index contributed by atoms with van der Waals surface area (Å²) in [5, 5.41) is 0. The molecular weight excluding hydrogens is 411 g/mol. The molecule has 2 aromatic rings. The van der Waals surface area contributed by atoms with Crippen LogP contribution in [-0.2, 0) is 20.9 Å². The molecule has 0 fully saturated rings. The highest BCUT2D eigenvalue weighted by Gasteiger charge is 2.41. The quantitative estimate of drug-likeness (QED) is 0.652. The second kappa shape index (κ2) is 7.40. The van der Waals surface area contributed by atoms with E-state index in [1.54, 1.807) is 19.1 Å². The van der Waals surface area contributed by atoms with Gasteiger partial charge in [-0.25, -0.2) is 13.2 Å². The van der Waals surface area contributed by atoms with Gasteiger partial charge in [0.1, 0.15) is 5.60 Å². The van der Waals surface area contributed by atoms with Crippen molar-refractivity contribution in [2.75, 3.05) is 4.31 Å². The Bertz CT molecular complexity index is 1010. The van der Waals surface area contributed by atoms with E-state index in [9.17, 15) is 26.4 Å². The van der Waals surface area contributed by atoms with Gasteiger partial charge in [0.25, 0.3) is 10.0 Å². The number of furan rings is 1. The van der Waals surface area contributed by atoms with E-state index in [4.69, 9.17) is 4.74 Å². The van der Waals surface area contributed by atoms with Crippen molar-refractivity contribution in [3.63, 3.8) is 0 Å². The number of carbonyl (C=O) groups excluding carboxylic acids is 1. The van der Waals surface area contributed by atoms with E-state index in [0.29, 0.717) is 17.2 Å². The van der Waals surface area contributed by atoms with Gasteiger partial charge in [-0.15, -0.1) is 4.31 Å². The van der Waals surface area contributed by atoms with Gasteiger partial charge in [0.05, 0.1) is 4.90 Å². The molecule has 0 bridgehead atoms. The van der Waals surface area contributed by atoms with Gasteiger partial charge in [-0.3, -0.25) is 0 Å². The number of aryl methyl sites for hydroxylation is 3. The molecule has 0 atom stereocenters. The molecule has 1 aromatic carbocycles. The molecule has 0 unspecified atom stereocenters. The average molecular weight is 433 g/mol. The van der Waals surface area contributed by atoms with Crippen molar-refractivity contribution in [2.24, 2.45) is 0 Å². The van der Waals surface area contributed by atoms with Crippen LogP contribution in [0.2, 0.25) is 0 Å². The molecule has 0 saturated carbocycles. The van der Waals surface area contributed by atoms with Gasteiger partial charge in [-0.2, -0.15) is 13.2 Å². The van der Waals surface area contributed by atoms with Crippen LogP contribution in [-0.4, -0.2) is 20.1 Å². The zero-order valence-electron chi connectivity index (χ0n) is 16.8. The Morgan fingerprint density at radius 1 is 1.03 bits per heavy atom. The summed E-state index contributed by atoms with van der Waals surface area (Å²) in [5.74, 6) is -2.25. The molecule has 29 heavy (non-hydrogen) atoms. The molecule has 0 saturated heterocycles. The van der Waals surface area contributed by atoms with E-state index in [-0.39, 0.29) is 9.20 Å². The van der Waals surface area contributed by atoms with Crippen LogP contribution >= 0.6 is 0 Å². The summed E-state index contributed by atoms with van der Waals surface area (Å²) in [5.41, 5.74) is 0.360. The number of amides is 1. The predicted molar refractivity (Wildman–Crippen MR) is 100 cm³/mol. The van der Waals surface area contributed by atoms with Crippen molar-refractivity contribution in [1.82, 2.24) is 0 Å². The Kier molecular flexibility index (Phi) is 5.82. The number of sulfonamides is 1. The van der Waals surface area contributed by atoms with Crippen LogP contribution in [0.1, 0.15) is 43.2 Å². The largest absolute Gasteiger partial charge is 0.449 e. The number of hydrogen-bond acceptors (Lipinski definition) is 5. The summed E-state index contributed by atoms with van der Waals surface area (Å²) in [6, 6.07) is 4.51. The Morgan fingerprint density at radius 2 is 1.55 bits per heavy atom. The van der Waals surface area contributed by atoms with Gasteiger partial charge in [-0.1, -0.05) is 17.7 Å². The van der Waals surface area contributed by atoms with Crippen molar-refractivity contribution >= 4 is 22.0 Å². The van der Waals surface area contributed by atoms with Gasteiger partial charge in [-0.05, 0) is 58.7 Å². The SMILES string of the molecule is Cc1cc(C)c(S(=O)(=O)N(C(=O)OC(C)(C)C)c2ccc(C(F)(F)F)o2)c(C)c1. The molecule has 0 aliphatic heterocycles. The number of anilines is 1. The zero-order chi connectivity index (χ0) is 22.4. The number of nitrogens with zero attached hydrogens (tertiary/aromatic N) is 1. The molecule has 0 radical (unpaired) electrons. The minimum atomic E-state index is -4.85. The number of alkyl halides is 3. The van der Waals surface area contributed by atoms with Crippen molar-refractivity contribution < 1.29 is 35.5 Å². The summed E-state index contributed by atoms with van der Waals surface area (Å²) in [6.45, 7) is 9.33. The van der Waals surface area contributed by atoms with Crippen LogP contribution in [0.3, 0.4) is 0 Å². The van der Waals surface area contributed by atoms with E-state index >= 15 is 0 Å². The maximum atomic E-state index is 13.4. The molecule has 0 spiro atoms. The topological polar surface area (TPSA) is 76.8 Å². The molecule has 0 N–H and O–H groups in total. The van der Waals surface area contributed by atoms with Crippen LogP contribution in [0.5, 0.6) is 0 Å². The number of ether oxygens (including phenoxy) is 1. The van der Waals surface area contributed by atoms with E-state index in [1.165, 1.54) is 34.6 Å². The Hall–Kier alpha value is -2.49. The van der Waals surface area contributed by atoms with Gasteiger partial charge in [0.2, 0.25) is 11.6 Å². The van der Waals surface area contributed by atoms with Gasteiger partial charge >= 0.3 is 12.3 Å². The summed E-state index contributed by atoms with van der Waals surface area (Å²) in [4.78, 5) is 12.5. The number of hydrogen-bond donors (Lipinski definition) is 0. The van der Waals surface area contributed by atoms with E-state index in [0.717, 1.165) is 11.6 Å². The Balaban J connectivity index is 2.70. The van der Waals surface area contributed by atoms with Gasteiger partial charge in [0, 0.05) is 6.07 Å². The third-order valence-corrected chi connectivity index (χ3v) is 5.70. The lowest BCUT2D eigenvalue weighted by molar-refractivity contribution is -0.152. The molecule has 0 aliphatic carbocycles. The fourth-order valence-corrected chi connectivity index (χ4v) is 4.55. The third kappa shape index (κ3) is 4.92. The second-order valence-corrected chi connectivity index (χ2v) is 9.34. The first-order valence-corrected chi connectivity index (χ1v) is 10.0. The van der Waals surface area contributed by atoms with Crippen LogP contribution in [0.25, 0.3) is 0 Å². The summed E-state index contributed by atoms with van der Waals surface area (Å²) < 4.78 is 75.5. The third-order valence-electron chi connectivity index (χ3n) is 3.73. The van der Waals surface area contributed by atoms with E-state index < -0.39 is 39.5 Å². The first-order valence-electron chi connectivity index (χ1n) is 8.57. The number of halogens is 3. The van der Waals surface area contributed by atoms with Crippen LogP contribution < -0.4 is 4.31 Å².